The molecule has 1 aromatic carbocycles. The Morgan fingerprint density at radius 3 is 2.53 bits per heavy atom. The number of anilines is 1. The topological polar surface area (TPSA) is 72.6 Å². The molecule has 2 N–H and O–H groups in total. The summed E-state index contributed by atoms with van der Waals surface area (Å²) >= 11 is 0. The second-order valence-corrected chi connectivity index (χ2v) is 7.03. The molecule has 1 fully saturated rings. The molecular formula is C13H20N2O3S. The van der Waals surface area contributed by atoms with Gasteiger partial charge in [0, 0.05) is 18.7 Å². The third-order valence-corrected chi connectivity index (χ3v) is 5.58. The molecule has 1 heterocycles. The van der Waals surface area contributed by atoms with E-state index < -0.39 is 10.0 Å². The highest BCUT2D eigenvalue weighted by Crippen LogP contribution is 2.32. The molecule has 0 spiro atoms. The lowest BCUT2D eigenvalue weighted by atomic mass is 10.1. The zero-order chi connectivity index (χ0) is 14.2. The van der Waals surface area contributed by atoms with Crippen LogP contribution in [0.15, 0.2) is 23.1 Å². The van der Waals surface area contributed by atoms with Gasteiger partial charge in [0.2, 0.25) is 10.0 Å². The first-order chi connectivity index (χ1) is 8.86. The third kappa shape index (κ3) is 2.55. The lowest BCUT2D eigenvalue weighted by molar-refractivity contribution is 0.405. The van der Waals surface area contributed by atoms with Crippen LogP contribution in [0.3, 0.4) is 0 Å². The standard InChI is InChI=1S/C13H20N2O3S/c1-9-6-10(2)15(8-9)19(16,17)13-5-4-11(18-3)7-12(13)14/h4-5,7,9-10H,6,8,14H2,1-3H3. The molecule has 0 aliphatic carbocycles. The molecule has 0 bridgehead atoms. The van der Waals surface area contributed by atoms with Crippen molar-refractivity contribution in [3.05, 3.63) is 18.2 Å². The zero-order valence-corrected chi connectivity index (χ0v) is 12.3. The van der Waals surface area contributed by atoms with E-state index >= 15 is 0 Å². The minimum absolute atomic E-state index is 0.0153. The molecule has 6 heteroatoms. The Morgan fingerprint density at radius 2 is 2.05 bits per heavy atom. The number of hydrogen-bond acceptors (Lipinski definition) is 4. The fourth-order valence-corrected chi connectivity index (χ4v) is 4.47. The molecule has 1 aliphatic rings. The predicted molar refractivity (Wildman–Crippen MR) is 74.5 cm³/mol. The van der Waals surface area contributed by atoms with Gasteiger partial charge >= 0.3 is 0 Å². The Bertz CT molecular complexity index is 571. The Hall–Kier alpha value is -1.27. The first-order valence-corrected chi connectivity index (χ1v) is 7.75. The zero-order valence-electron chi connectivity index (χ0n) is 11.5. The van der Waals surface area contributed by atoms with Gasteiger partial charge in [-0.25, -0.2) is 8.42 Å². The largest absolute Gasteiger partial charge is 0.497 e. The molecule has 0 radical (unpaired) electrons. The van der Waals surface area contributed by atoms with Gasteiger partial charge in [0.15, 0.2) is 0 Å². The van der Waals surface area contributed by atoms with Crippen molar-refractivity contribution in [3.8, 4) is 5.75 Å². The Balaban J connectivity index is 2.40. The number of nitrogen functional groups attached to an aromatic ring is 1. The average Bonchev–Trinajstić information content (AvgIpc) is 2.68. The molecule has 2 unspecified atom stereocenters. The van der Waals surface area contributed by atoms with Gasteiger partial charge in [0.1, 0.15) is 10.6 Å². The molecule has 0 amide bonds. The lowest BCUT2D eigenvalue weighted by Crippen LogP contribution is -2.34. The van der Waals surface area contributed by atoms with Crippen molar-refractivity contribution in [2.45, 2.75) is 31.2 Å². The van der Waals surface area contributed by atoms with Crippen LogP contribution >= 0.6 is 0 Å². The highest BCUT2D eigenvalue weighted by Gasteiger charge is 2.36. The van der Waals surface area contributed by atoms with E-state index in [1.807, 2.05) is 6.92 Å². The first-order valence-electron chi connectivity index (χ1n) is 6.31. The van der Waals surface area contributed by atoms with Crippen molar-refractivity contribution in [1.29, 1.82) is 0 Å². The molecule has 0 aromatic heterocycles. The van der Waals surface area contributed by atoms with Gasteiger partial charge in [-0.15, -0.1) is 0 Å². The molecular weight excluding hydrogens is 264 g/mol. The third-order valence-electron chi connectivity index (χ3n) is 3.53. The number of ether oxygens (including phenoxy) is 1. The van der Waals surface area contributed by atoms with Crippen molar-refractivity contribution in [2.24, 2.45) is 5.92 Å². The first kappa shape index (κ1) is 14.1. The number of benzene rings is 1. The van der Waals surface area contributed by atoms with Crippen LogP contribution in [0.2, 0.25) is 0 Å². The quantitative estimate of drug-likeness (QED) is 0.857. The number of nitrogens with zero attached hydrogens (tertiary/aromatic N) is 1. The fraction of sp³-hybridized carbons (Fsp3) is 0.538. The summed E-state index contributed by atoms with van der Waals surface area (Å²) < 4.78 is 31.8. The molecule has 19 heavy (non-hydrogen) atoms. The Morgan fingerprint density at radius 1 is 1.37 bits per heavy atom. The molecule has 106 valence electrons. The average molecular weight is 284 g/mol. The fourth-order valence-electron chi connectivity index (χ4n) is 2.61. The number of methoxy groups -OCH3 is 1. The summed E-state index contributed by atoms with van der Waals surface area (Å²) in [5.41, 5.74) is 6.07. The van der Waals surface area contributed by atoms with Gasteiger partial charge in [-0.3, -0.25) is 0 Å². The monoisotopic (exact) mass is 284 g/mol. The number of nitrogens with two attached hydrogens (primary N) is 1. The molecule has 1 aromatic rings. The smallest absolute Gasteiger partial charge is 0.245 e. The van der Waals surface area contributed by atoms with Gasteiger partial charge in [-0.05, 0) is 31.4 Å². The van der Waals surface area contributed by atoms with Crippen molar-refractivity contribution in [3.63, 3.8) is 0 Å². The van der Waals surface area contributed by atoms with E-state index in [9.17, 15) is 8.42 Å². The summed E-state index contributed by atoms with van der Waals surface area (Å²) in [6.45, 7) is 4.54. The molecule has 1 saturated heterocycles. The molecule has 0 saturated carbocycles. The Labute approximate surface area is 114 Å². The highest BCUT2D eigenvalue weighted by atomic mass is 32.2. The lowest BCUT2D eigenvalue weighted by Gasteiger charge is -2.22. The van der Waals surface area contributed by atoms with Gasteiger partial charge < -0.3 is 10.5 Å². The van der Waals surface area contributed by atoms with Crippen LogP contribution in [0, 0.1) is 5.92 Å². The molecule has 2 atom stereocenters. The van der Waals surface area contributed by atoms with E-state index in [-0.39, 0.29) is 16.6 Å². The maximum absolute atomic E-state index is 12.6. The highest BCUT2D eigenvalue weighted by molar-refractivity contribution is 7.89. The molecule has 1 aliphatic heterocycles. The van der Waals surface area contributed by atoms with E-state index in [1.54, 1.807) is 6.07 Å². The summed E-state index contributed by atoms with van der Waals surface area (Å²) in [6.07, 6.45) is 0.884. The predicted octanol–water partition coefficient (Wildman–Crippen LogP) is 1.70. The summed E-state index contributed by atoms with van der Waals surface area (Å²) in [6, 6.07) is 4.69. The van der Waals surface area contributed by atoms with E-state index in [4.69, 9.17) is 10.5 Å². The number of hydrogen-bond donors (Lipinski definition) is 1. The van der Waals surface area contributed by atoms with Crippen molar-refractivity contribution >= 4 is 15.7 Å². The van der Waals surface area contributed by atoms with E-state index in [0.717, 1.165) is 6.42 Å². The number of sulfonamides is 1. The molecule has 2 rings (SSSR count). The van der Waals surface area contributed by atoms with Gasteiger partial charge in [0.05, 0.1) is 12.8 Å². The summed E-state index contributed by atoms with van der Waals surface area (Å²) in [5, 5.41) is 0. The minimum atomic E-state index is -3.52. The second-order valence-electron chi connectivity index (χ2n) is 5.17. The summed E-state index contributed by atoms with van der Waals surface area (Å²) in [5.74, 6) is 0.934. The minimum Gasteiger partial charge on any atom is -0.497 e. The van der Waals surface area contributed by atoms with Gasteiger partial charge in [0.25, 0.3) is 0 Å². The van der Waals surface area contributed by atoms with Crippen LogP contribution in [-0.2, 0) is 10.0 Å². The van der Waals surface area contributed by atoms with Crippen LogP contribution in [0.25, 0.3) is 0 Å². The second kappa shape index (κ2) is 5.02. The number of rotatable bonds is 3. The Kier molecular flexibility index (Phi) is 3.73. The maximum atomic E-state index is 12.6. The van der Waals surface area contributed by atoms with E-state index in [2.05, 4.69) is 6.92 Å². The van der Waals surface area contributed by atoms with E-state index in [1.165, 1.54) is 23.5 Å². The summed E-state index contributed by atoms with van der Waals surface area (Å²) in [4.78, 5) is 0.161. The van der Waals surface area contributed by atoms with Crippen molar-refractivity contribution < 1.29 is 13.2 Å². The van der Waals surface area contributed by atoms with Crippen LogP contribution in [-0.4, -0.2) is 32.4 Å². The SMILES string of the molecule is COc1ccc(S(=O)(=O)N2CC(C)CC2C)c(N)c1. The van der Waals surface area contributed by atoms with Crippen molar-refractivity contribution in [2.75, 3.05) is 19.4 Å². The van der Waals surface area contributed by atoms with Gasteiger partial charge in [-0.2, -0.15) is 4.31 Å². The van der Waals surface area contributed by atoms with Crippen LogP contribution in [0.5, 0.6) is 5.75 Å². The van der Waals surface area contributed by atoms with Crippen LogP contribution in [0.1, 0.15) is 20.3 Å². The van der Waals surface area contributed by atoms with Gasteiger partial charge in [-0.1, -0.05) is 6.92 Å². The summed E-state index contributed by atoms with van der Waals surface area (Å²) in [7, 11) is -2.00. The van der Waals surface area contributed by atoms with E-state index in [0.29, 0.717) is 18.2 Å². The maximum Gasteiger partial charge on any atom is 0.245 e. The van der Waals surface area contributed by atoms with Crippen molar-refractivity contribution in [1.82, 2.24) is 4.31 Å². The van der Waals surface area contributed by atoms with Crippen LogP contribution < -0.4 is 10.5 Å². The normalized spacial score (nSPS) is 24.6. The van der Waals surface area contributed by atoms with Crippen LogP contribution in [0.4, 0.5) is 5.69 Å². The molecule has 5 nitrogen and oxygen atoms in total.